The Morgan fingerprint density at radius 1 is 1.31 bits per heavy atom. The van der Waals surface area contributed by atoms with Crippen LogP contribution in [0.15, 0.2) is 18.2 Å². The van der Waals surface area contributed by atoms with Crippen molar-refractivity contribution in [1.82, 2.24) is 0 Å². The van der Waals surface area contributed by atoms with E-state index in [2.05, 4.69) is 0 Å². The minimum atomic E-state index is -0.597. The highest BCUT2D eigenvalue weighted by Crippen LogP contribution is 2.28. The predicted molar refractivity (Wildman–Crippen MR) is 96.3 cm³/mol. The molecular weight excluding hydrogens is 338 g/mol. The summed E-state index contributed by atoms with van der Waals surface area (Å²) in [4.78, 5) is 22.7. The normalized spacial score (nSPS) is 15.5. The number of carbonyl (C=O) groups excluding carboxylic acids is 1. The van der Waals surface area contributed by atoms with Gasteiger partial charge in [-0.05, 0) is 64.5 Å². The molecule has 0 aromatic heterocycles. The van der Waals surface area contributed by atoms with Gasteiger partial charge in [0.25, 0.3) is 5.69 Å². The van der Waals surface area contributed by atoms with Crippen LogP contribution in [-0.4, -0.2) is 36.3 Å². The number of nitro groups is 1. The number of rotatable bonds is 7. The molecule has 1 fully saturated rings. The third kappa shape index (κ3) is 6.63. The van der Waals surface area contributed by atoms with Gasteiger partial charge in [-0.1, -0.05) is 0 Å². The first-order valence-electron chi connectivity index (χ1n) is 8.94. The first-order chi connectivity index (χ1) is 12.2. The number of carbonyl (C=O) groups is 1. The molecule has 7 heteroatoms. The van der Waals surface area contributed by atoms with E-state index in [-0.39, 0.29) is 18.0 Å². The number of esters is 1. The van der Waals surface area contributed by atoms with E-state index in [1.807, 2.05) is 0 Å². The van der Waals surface area contributed by atoms with E-state index in [1.54, 1.807) is 32.9 Å². The fraction of sp³-hybridized carbons (Fsp3) is 0.632. The molecule has 0 unspecified atom stereocenters. The average Bonchev–Trinajstić information content (AvgIpc) is 2.58. The van der Waals surface area contributed by atoms with E-state index < -0.39 is 16.5 Å². The van der Waals surface area contributed by atoms with Crippen LogP contribution >= 0.6 is 0 Å². The number of hydrogen-bond donors (Lipinski definition) is 0. The quantitative estimate of drug-likeness (QED) is 0.416. The molecule has 1 heterocycles. The highest BCUT2D eigenvalue weighted by atomic mass is 16.6. The van der Waals surface area contributed by atoms with Gasteiger partial charge in [0, 0.05) is 18.8 Å². The van der Waals surface area contributed by atoms with E-state index in [4.69, 9.17) is 14.2 Å². The van der Waals surface area contributed by atoms with Gasteiger partial charge < -0.3 is 14.2 Å². The van der Waals surface area contributed by atoms with Crippen molar-refractivity contribution in [2.24, 2.45) is 5.92 Å². The van der Waals surface area contributed by atoms with Crippen LogP contribution in [0.1, 0.15) is 45.6 Å². The first-order valence-corrected chi connectivity index (χ1v) is 8.94. The van der Waals surface area contributed by atoms with Crippen molar-refractivity contribution in [3.8, 4) is 5.75 Å². The Labute approximate surface area is 153 Å². The summed E-state index contributed by atoms with van der Waals surface area (Å²) in [6, 6.07) is 4.75. The summed E-state index contributed by atoms with van der Waals surface area (Å²) in [6.07, 6.45) is 3.56. The average molecular weight is 365 g/mol. The first kappa shape index (κ1) is 20.2. The molecule has 0 radical (unpaired) electrons. The molecule has 1 saturated heterocycles. The van der Waals surface area contributed by atoms with Crippen molar-refractivity contribution in [3.63, 3.8) is 0 Å². The fourth-order valence-electron chi connectivity index (χ4n) is 2.92. The highest BCUT2D eigenvalue weighted by molar-refractivity contribution is 5.71. The Balaban J connectivity index is 1.96. The Bertz CT molecular complexity index is 631. The second-order valence-corrected chi connectivity index (χ2v) is 7.52. The maximum Gasteiger partial charge on any atom is 0.344 e. The maximum atomic E-state index is 11.7. The van der Waals surface area contributed by atoms with E-state index >= 15 is 0 Å². The smallest absolute Gasteiger partial charge is 0.344 e. The van der Waals surface area contributed by atoms with Gasteiger partial charge in [-0.2, -0.15) is 0 Å². The lowest BCUT2D eigenvalue weighted by atomic mass is 9.92. The van der Waals surface area contributed by atoms with Crippen LogP contribution in [-0.2, 0) is 20.7 Å². The Morgan fingerprint density at radius 2 is 2.00 bits per heavy atom. The number of nitro benzene ring substituents is 1. The molecule has 7 nitrogen and oxygen atoms in total. The predicted octanol–water partition coefficient (Wildman–Crippen LogP) is 3.67. The number of ether oxygens (including phenoxy) is 3. The van der Waals surface area contributed by atoms with Gasteiger partial charge in [-0.15, -0.1) is 0 Å². The van der Waals surface area contributed by atoms with Crippen molar-refractivity contribution < 1.29 is 23.9 Å². The Morgan fingerprint density at radius 3 is 2.62 bits per heavy atom. The summed E-state index contributed by atoms with van der Waals surface area (Å²) in [7, 11) is 0. The summed E-state index contributed by atoms with van der Waals surface area (Å²) in [5.41, 5.74) is 0.116. The summed E-state index contributed by atoms with van der Waals surface area (Å²) in [5.74, 6) is 0.326. The van der Waals surface area contributed by atoms with Gasteiger partial charge in [-0.25, -0.2) is 4.79 Å². The number of nitrogens with zero attached hydrogens (tertiary/aromatic N) is 1. The van der Waals surface area contributed by atoms with Crippen molar-refractivity contribution >= 4 is 11.7 Å². The summed E-state index contributed by atoms with van der Waals surface area (Å²) in [6.45, 7) is 6.55. The Kier molecular flexibility index (Phi) is 6.97. The molecule has 2 rings (SSSR count). The molecular formula is C19H27NO6. The molecule has 1 aromatic rings. The third-order valence-electron chi connectivity index (χ3n) is 4.19. The molecule has 1 aliphatic rings. The van der Waals surface area contributed by atoms with Crippen molar-refractivity contribution in [2.75, 3.05) is 19.8 Å². The largest absolute Gasteiger partial charge is 0.482 e. The van der Waals surface area contributed by atoms with Crippen LogP contribution in [0.5, 0.6) is 5.75 Å². The Hall–Kier alpha value is -2.15. The standard InChI is InChI=1S/C19H27NO6/c1-19(2,3)26-18(21)13-25-16-7-6-15(17(12-16)20(22)23)5-4-14-8-10-24-11-9-14/h6-7,12,14H,4-5,8-11,13H2,1-3H3. The van der Waals surface area contributed by atoms with Crippen LogP contribution in [0.2, 0.25) is 0 Å². The second-order valence-electron chi connectivity index (χ2n) is 7.52. The lowest BCUT2D eigenvalue weighted by molar-refractivity contribution is -0.385. The molecule has 0 atom stereocenters. The van der Waals surface area contributed by atoms with Crippen molar-refractivity contribution in [1.29, 1.82) is 0 Å². The van der Waals surface area contributed by atoms with Gasteiger partial charge in [0.15, 0.2) is 6.61 Å². The van der Waals surface area contributed by atoms with Crippen molar-refractivity contribution in [3.05, 3.63) is 33.9 Å². The fourth-order valence-corrected chi connectivity index (χ4v) is 2.92. The zero-order chi connectivity index (χ0) is 19.2. The van der Waals surface area contributed by atoms with Crippen LogP contribution < -0.4 is 4.74 Å². The SMILES string of the molecule is CC(C)(C)OC(=O)COc1ccc(CCC2CCOCC2)c([N+](=O)[O-])c1. The zero-order valence-electron chi connectivity index (χ0n) is 15.7. The molecule has 0 saturated carbocycles. The number of hydrogen-bond acceptors (Lipinski definition) is 6. The molecule has 0 N–H and O–H groups in total. The molecule has 144 valence electrons. The van der Waals surface area contributed by atoms with Gasteiger partial charge in [-0.3, -0.25) is 10.1 Å². The minimum absolute atomic E-state index is 0.0266. The monoisotopic (exact) mass is 365 g/mol. The van der Waals surface area contributed by atoms with Gasteiger partial charge >= 0.3 is 5.97 Å². The highest BCUT2D eigenvalue weighted by Gasteiger charge is 2.20. The number of benzene rings is 1. The maximum absolute atomic E-state index is 11.7. The van der Waals surface area contributed by atoms with Gasteiger partial charge in [0.05, 0.1) is 11.0 Å². The molecule has 0 bridgehead atoms. The lowest BCUT2D eigenvalue weighted by Crippen LogP contribution is -2.27. The van der Waals surface area contributed by atoms with Crippen LogP contribution in [0.25, 0.3) is 0 Å². The van der Waals surface area contributed by atoms with E-state index in [9.17, 15) is 14.9 Å². The van der Waals surface area contributed by atoms with E-state index in [0.29, 0.717) is 17.9 Å². The lowest BCUT2D eigenvalue weighted by Gasteiger charge is -2.21. The topological polar surface area (TPSA) is 87.9 Å². The molecule has 26 heavy (non-hydrogen) atoms. The van der Waals surface area contributed by atoms with E-state index in [0.717, 1.165) is 32.5 Å². The summed E-state index contributed by atoms with van der Waals surface area (Å²) in [5, 5.41) is 11.4. The zero-order valence-corrected chi connectivity index (χ0v) is 15.7. The van der Waals surface area contributed by atoms with Crippen molar-refractivity contribution in [2.45, 2.75) is 52.1 Å². The number of aryl methyl sites for hydroxylation is 1. The van der Waals surface area contributed by atoms with Gasteiger partial charge in [0.1, 0.15) is 11.4 Å². The van der Waals surface area contributed by atoms with E-state index in [1.165, 1.54) is 6.07 Å². The summed E-state index contributed by atoms with van der Waals surface area (Å²) < 4.78 is 15.9. The molecule has 0 spiro atoms. The van der Waals surface area contributed by atoms with Crippen LogP contribution in [0.3, 0.4) is 0 Å². The molecule has 1 aliphatic heterocycles. The van der Waals surface area contributed by atoms with Crippen LogP contribution in [0.4, 0.5) is 5.69 Å². The molecule has 0 aliphatic carbocycles. The molecule has 1 aromatic carbocycles. The second kappa shape index (κ2) is 8.98. The van der Waals surface area contributed by atoms with Gasteiger partial charge in [0.2, 0.25) is 0 Å². The summed E-state index contributed by atoms with van der Waals surface area (Å²) >= 11 is 0. The third-order valence-corrected chi connectivity index (χ3v) is 4.19. The van der Waals surface area contributed by atoms with Crippen LogP contribution in [0, 0.1) is 16.0 Å². The molecule has 0 amide bonds. The minimum Gasteiger partial charge on any atom is -0.482 e.